The Balaban J connectivity index is 2.24. The van der Waals surface area contributed by atoms with E-state index in [2.05, 4.69) is 6.08 Å². The SMILES string of the molecule is CC(=O)O[C@H]1CC=C(C)[C@@H]2Cc3c(C)coc3/C=C(/C)CC(=O)[C@H](OC(C)=O)[C@@]12C. The number of furan rings is 1. The van der Waals surface area contributed by atoms with E-state index in [0.29, 0.717) is 12.8 Å². The summed E-state index contributed by atoms with van der Waals surface area (Å²) in [6.07, 6.45) is 5.23. The molecule has 0 spiro atoms. The Morgan fingerprint density at radius 1 is 1.13 bits per heavy atom. The third-order valence-electron chi connectivity index (χ3n) is 6.47. The number of esters is 2. The van der Waals surface area contributed by atoms with Crippen LogP contribution >= 0.6 is 0 Å². The monoisotopic (exact) mass is 414 g/mol. The Bertz CT molecular complexity index is 933. The lowest BCUT2D eigenvalue weighted by Crippen LogP contribution is -2.57. The molecule has 0 amide bonds. The van der Waals surface area contributed by atoms with Gasteiger partial charge in [0.2, 0.25) is 0 Å². The molecule has 0 aliphatic heterocycles. The molecule has 0 N–H and O–H groups in total. The molecule has 2 aliphatic rings. The molecule has 2 aliphatic carbocycles. The molecular formula is C24H30O6. The molecule has 0 aromatic carbocycles. The zero-order valence-corrected chi connectivity index (χ0v) is 18.5. The van der Waals surface area contributed by atoms with Crippen LogP contribution in [0.1, 0.15) is 64.3 Å². The van der Waals surface area contributed by atoms with E-state index in [-0.39, 0.29) is 18.1 Å². The second-order valence-corrected chi connectivity index (χ2v) is 8.79. The molecule has 1 heterocycles. The lowest BCUT2D eigenvalue weighted by atomic mass is 9.59. The molecule has 30 heavy (non-hydrogen) atoms. The zero-order valence-electron chi connectivity index (χ0n) is 18.5. The summed E-state index contributed by atoms with van der Waals surface area (Å²) in [5.74, 6) is -0.583. The van der Waals surface area contributed by atoms with Crippen molar-refractivity contribution in [3.63, 3.8) is 0 Å². The van der Waals surface area contributed by atoms with E-state index in [4.69, 9.17) is 13.9 Å². The molecule has 4 atom stereocenters. The third kappa shape index (κ3) is 4.00. The van der Waals surface area contributed by atoms with E-state index in [1.54, 1.807) is 6.26 Å². The van der Waals surface area contributed by atoms with Gasteiger partial charge >= 0.3 is 11.9 Å². The fourth-order valence-corrected chi connectivity index (χ4v) is 4.94. The molecule has 162 valence electrons. The van der Waals surface area contributed by atoms with Crippen molar-refractivity contribution in [2.45, 2.75) is 73.0 Å². The minimum Gasteiger partial charge on any atom is -0.464 e. The number of Topliss-reactive ketones (excluding diaryl/α,β-unsaturated/α-hetero) is 1. The maximum Gasteiger partial charge on any atom is 0.303 e. The minimum atomic E-state index is -1.02. The van der Waals surface area contributed by atoms with Gasteiger partial charge in [-0.05, 0) is 44.7 Å². The van der Waals surface area contributed by atoms with Crippen LogP contribution in [0.4, 0.5) is 0 Å². The van der Waals surface area contributed by atoms with Crippen molar-refractivity contribution in [2.75, 3.05) is 0 Å². The first-order valence-corrected chi connectivity index (χ1v) is 10.3. The van der Waals surface area contributed by atoms with Crippen LogP contribution < -0.4 is 0 Å². The van der Waals surface area contributed by atoms with E-state index < -0.39 is 29.6 Å². The van der Waals surface area contributed by atoms with E-state index in [1.165, 1.54) is 13.8 Å². The highest BCUT2D eigenvalue weighted by Crippen LogP contribution is 2.50. The average Bonchev–Trinajstić information content (AvgIpc) is 2.97. The Morgan fingerprint density at radius 2 is 1.80 bits per heavy atom. The largest absolute Gasteiger partial charge is 0.464 e. The van der Waals surface area contributed by atoms with Gasteiger partial charge in [-0.15, -0.1) is 0 Å². The minimum absolute atomic E-state index is 0.120. The molecule has 6 heteroatoms. The normalized spacial score (nSPS) is 30.9. The van der Waals surface area contributed by atoms with Crippen molar-refractivity contribution in [3.8, 4) is 0 Å². The van der Waals surface area contributed by atoms with Crippen LogP contribution in [0.2, 0.25) is 0 Å². The zero-order chi connectivity index (χ0) is 22.2. The molecule has 1 aromatic rings. The highest BCUT2D eigenvalue weighted by Gasteiger charge is 2.55. The number of carbonyl (C=O) groups is 3. The van der Waals surface area contributed by atoms with Crippen LogP contribution in [0.5, 0.6) is 0 Å². The lowest BCUT2D eigenvalue weighted by molar-refractivity contribution is -0.182. The Morgan fingerprint density at radius 3 is 2.43 bits per heavy atom. The second kappa shape index (κ2) is 8.25. The van der Waals surface area contributed by atoms with Crippen LogP contribution in [0.3, 0.4) is 0 Å². The molecule has 0 radical (unpaired) electrons. The number of aryl methyl sites for hydroxylation is 1. The topological polar surface area (TPSA) is 82.8 Å². The quantitative estimate of drug-likeness (QED) is 0.529. The fraction of sp³-hybridized carbons (Fsp3) is 0.542. The van der Waals surface area contributed by atoms with Crippen LogP contribution in [-0.4, -0.2) is 29.9 Å². The predicted molar refractivity (Wildman–Crippen MR) is 112 cm³/mol. The van der Waals surface area contributed by atoms with Gasteiger partial charge in [0, 0.05) is 32.3 Å². The molecule has 0 unspecified atom stereocenters. The average molecular weight is 414 g/mol. The van der Waals surface area contributed by atoms with Gasteiger partial charge in [-0.25, -0.2) is 0 Å². The van der Waals surface area contributed by atoms with Crippen molar-refractivity contribution in [3.05, 3.63) is 40.4 Å². The molecular weight excluding hydrogens is 384 g/mol. The lowest BCUT2D eigenvalue weighted by Gasteiger charge is -2.49. The van der Waals surface area contributed by atoms with Crippen molar-refractivity contribution < 1.29 is 28.3 Å². The highest BCUT2D eigenvalue weighted by molar-refractivity contribution is 5.89. The fourth-order valence-electron chi connectivity index (χ4n) is 4.94. The summed E-state index contributed by atoms with van der Waals surface area (Å²) in [4.78, 5) is 37.3. The summed E-state index contributed by atoms with van der Waals surface area (Å²) in [6, 6.07) is 0. The van der Waals surface area contributed by atoms with Crippen molar-refractivity contribution >= 4 is 23.8 Å². The number of ether oxygens (including phenoxy) is 2. The summed E-state index contributed by atoms with van der Waals surface area (Å²) >= 11 is 0. The molecule has 6 nitrogen and oxygen atoms in total. The first-order valence-electron chi connectivity index (χ1n) is 10.3. The van der Waals surface area contributed by atoms with Crippen LogP contribution in [0.15, 0.2) is 27.9 Å². The Labute approximate surface area is 177 Å². The summed E-state index contributed by atoms with van der Waals surface area (Å²) in [5.41, 5.74) is 3.07. The van der Waals surface area contributed by atoms with Crippen molar-refractivity contribution in [1.82, 2.24) is 0 Å². The molecule has 0 saturated carbocycles. The van der Waals surface area contributed by atoms with E-state index in [9.17, 15) is 14.4 Å². The smallest absolute Gasteiger partial charge is 0.303 e. The summed E-state index contributed by atoms with van der Waals surface area (Å²) in [6.45, 7) is 10.4. The Kier molecular flexibility index (Phi) is 6.06. The van der Waals surface area contributed by atoms with Crippen LogP contribution in [0.25, 0.3) is 6.08 Å². The van der Waals surface area contributed by atoms with E-state index in [1.807, 2.05) is 33.8 Å². The second-order valence-electron chi connectivity index (χ2n) is 8.79. The van der Waals surface area contributed by atoms with E-state index >= 15 is 0 Å². The number of carbonyl (C=O) groups excluding carboxylic acids is 3. The van der Waals surface area contributed by atoms with Crippen LogP contribution in [0, 0.1) is 18.3 Å². The standard InChI is InChI=1S/C24H30O6/c1-13-9-20(27)23(30-17(5)26)24(6)19(11-18-15(3)12-28-21(18)10-13)14(2)7-8-22(24)29-16(4)25/h7,10,12,19,22-23H,8-9,11H2,1-6H3/b13-10-/t19-,22-,23-,24+/m0/s1. The number of allylic oxidation sites excluding steroid dienone is 2. The van der Waals surface area contributed by atoms with E-state index in [0.717, 1.165) is 28.0 Å². The third-order valence-corrected chi connectivity index (χ3v) is 6.47. The summed E-state index contributed by atoms with van der Waals surface area (Å²) in [5, 5.41) is 0. The molecule has 1 aromatic heterocycles. The number of rotatable bonds is 2. The van der Waals surface area contributed by atoms with Gasteiger partial charge in [0.25, 0.3) is 0 Å². The summed E-state index contributed by atoms with van der Waals surface area (Å²) < 4.78 is 17.1. The molecule has 3 rings (SSSR count). The first-order chi connectivity index (χ1) is 14.0. The molecule has 0 bridgehead atoms. The molecule has 0 saturated heterocycles. The van der Waals surface area contributed by atoms with Gasteiger partial charge in [-0.1, -0.05) is 24.1 Å². The molecule has 0 fully saturated rings. The van der Waals surface area contributed by atoms with Gasteiger partial charge in [0.1, 0.15) is 11.9 Å². The number of hydrogen-bond donors (Lipinski definition) is 0. The van der Waals surface area contributed by atoms with Crippen LogP contribution in [-0.2, 0) is 30.3 Å². The highest BCUT2D eigenvalue weighted by atomic mass is 16.6. The maximum atomic E-state index is 13.4. The van der Waals surface area contributed by atoms with Gasteiger partial charge in [-0.2, -0.15) is 0 Å². The van der Waals surface area contributed by atoms with Crippen molar-refractivity contribution in [1.29, 1.82) is 0 Å². The number of ketones is 1. The summed E-state index contributed by atoms with van der Waals surface area (Å²) in [7, 11) is 0. The first kappa shape index (κ1) is 22.1. The number of hydrogen-bond acceptors (Lipinski definition) is 6. The maximum absolute atomic E-state index is 13.4. The van der Waals surface area contributed by atoms with Gasteiger partial charge in [-0.3, -0.25) is 14.4 Å². The van der Waals surface area contributed by atoms with Gasteiger partial charge in [0.05, 0.1) is 11.7 Å². The van der Waals surface area contributed by atoms with Gasteiger partial charge in [0.15, 0.2) is 11.9 Å². The number of fused-ring (bicyclic) bond motifs is 2. The Hall–Kier alpha value is -2.63. The predicted octanol–water partition coefficient (Wildman–Crippen LogP) is 4.34. The van der Waals surface area contributed by atoms with Crippen molar-refractivity contribution in [2.24, 2.45) is 11.3 Å². The van der Waals surface area contributed by atoms with Gasteiger partial charge < -0.3 is 13.9 Å².